The standard InChI is InChI=1S/C37H50FN7O7/c1-23(2)17-30(32(46)20-34(48)41-16-6-4-5-7-33(47)45-35(49)25-10-12-26(38)13-11-25)43-37(51)31(19-27-21-40-22-42-27)44-36(50)29(39)18-24-8-14-28(52-3)15-9-24/h8-15,21-23,29-32,46H,4-7,16-20,39H2,1-3H3,(H,40,42)(H,41,48)(H,43,51)(H,44,50)(H,45,47,49)/t29-,30+,31-,32+/m0/s1. The molecular formula is C37H50FN7O7. The van der Waals surface area contributed by atoms with Crippen molar-refractivity contribution in [2.75, 3.05) is 13.7 Å². The Morgan fingerprint density at radius 3 is 2.27 bits per heavy atom. The van der Waals surface area contributed by atoms with E-state index in [2.05, 4.69) is 31.2 Å². The van der Waals surface area contributed by atoms with Crippen molar-refractivity contribution < 1.29 is 38.2 Å². The molecule has 8 N–H and O–H groups in total. The van der Waals surface area contributed by atoms with Crippen LogP contribution in [0.15, 0.2) is 61.1 Å². The molecule has 0 fully saturated rings. The quantitative estimate of drug-likeness (QED) is 0.0800. The van der Waals surface area contributed by atoms with E-state index < -0.39 is 59.6 Å². The molecule has 0 radical (unpaired) electrons. The van der Waals surface area contributed by atoms with Crippen LogP contribution in [0.25, 0.3) is 0 Å². The fourth-order valence-corrected chi connectivity index (χ4v) is 5.40. The number of aliphatic hydroxyl groups is 1. The molecule has 14 nitrogen and oxygen atoms in total. The van der Waals surface area contributed by atoms with Crippen LogP contribution in [0, 0.1) is 11.7 Å². The zero-order valence-electron chi connectivity index (χ0n) is 29.8. The van der Waals surface area contributed by atoms with Crippen LogP contribution in [0.3, 0.4) is 0 Å². The molecule has 1 heterocycles. The Kier molecular flexibility index (Phi) is 16.9. The third-order valence-corrected chi connectivity index (χ3v) is 8.24. The molecule has 0 spiro atoms. The lowest BCUT2D eigenvalue weighted by Crippen LogP contribution is -2.56. The fraction of sp³-hybridized carbons (Fsp3) is 0.459. The first kappa shape index (κ1) is 41.3. The van der Waals surface area contributed by atoms with E-state index in [-0.39, 0.29) is 37.2 Å². The van der Waals surface area contributed by atoms with Gasteiger partial charge in [-0.3, -0.25) is 29.3 Å². The molecule has 0 aliphatic rings. The van der Waals surface area contributed by atoms with Crippen LogP contribution in [0.4, 0.5) is 4.39 Å². The minimum Gasteiger partial charge on any atom is -0.497 e. The van der Waals surface area contributed by atoms with E-state index in [9.17, 15) is 33.5 Å². The summed E-state index contributed by atoms with van der Waals surface area (Å²) in [5, 5.41) is 21.7. The van der Waals surface area contributed by atoms with E-state index in [0.29, 0.717) is 43.7 Å². The minimum absolute atomic E-state index is 0.0600. The number of benzene rings is 2. The van der Waals surface area contributed by atoms with Crippen molar-refractivity contribution in [3.63, 3.8) is 0 Å². The van der Waals surface area contributed by atoms with Crippen LogP contribution in [0.2, 0.25) is 0 Å². The number of amides is 5. The van der Waals surface area contributed by atoms with Gasteiger partial charge in [0.1, 0.15) is 17.6 Å². The second kappa shape index (κ2) is 21.3. The fourth-order valence-electron chi connectivity index (χ4n) is 5.40. The van der Waals surface area contributed by atoms with Crippen molar-refractivity contribution in [1.82, 2.24) is 31.2 Å². The van der Waals surface area contributed by atoms with Gasteiger partial charge in [0.15, 0.2) is 0 Å². The van der Waals surface area contributed by atoms with Gasteiger partial charge < -0.3 is 36.5 Å². The van der Waals surface area contributed by atoms with Crippen molar-refractivity contribution in [2.24, 2.45) is 11.7 Å². The smallest absolute Gasteiger partial charge is 0.257 e. The number of imide groups is 1. The molecule has 0 aliphatic heterocycles. The average molecular weight is 724 g/mol. The van der Waals surface area contributed by atoms with E-state index in [0.717, 1.165) is 17.7 Å². The van der Waals surface area contributed by atoms with E-state index in [1.807, 2.05) is 13.8 Å². The van der Waals surface area contributed by atoms with Gasteiger partial charge in [0.05, 0.1) is 38.0 Å². The van der Waals surface area contributed by atoms with Gasteiger partial charge >= 0.3 is 0 Å². The van der Waals surface area contributed by atoms with Gasteiger partial charge in [-0.1, -0.05) is 32.4 Å². The Balaban J connectivity index is 1.47. The summed E-state index contributed by atoms with van der Waals surface area (Å²) in [5.74, 6) is -2.31. The normalized spacial score (nSPS) is 13.4. The monoisotopic (exact) mass is 723 g/mol. The average Bonchev–Trinajstić information content (AvgIpc) is 3.62. The number of rotatable bonds is 21. The number of methoxy groups -OCH3 is 1. The van der Waals surface area contributed by atoms with E-state index in [1.54, 1.807) is 37.6 Å². The summed E-state index contributed by atoms with van der Waals surface area (Å²) in [6.45, 7) is 4.15. The Labute approximate surface area is 302 Å². The molecule has 0 bridgehead atoms. The van der Waals surface area contributed by atoms with Crippen molar-refractivity contribution in [1.29, 1.82) is 0 Å². The first-order valence-corrected chi connectivity index (χ1v) is 17.4. The highest BCUT2D eigenvalue weighted by Crippen LogP contribution is 2.14. The summed E-state index contributed by atoms with van der Waals surface area (Å²) < 4.78 is 18.2. The number of unbranched alkanes of at least 4 members (excludes halogenated alkanes) is 2. The van der Waals surface area contributed by atoms with Gasteiger partial charge in [0.25, 0.3) is 5.91 Å². The van der Waals surface area contributed by atoms with Crippen molar-refractivity contribution in [2.45, 2.75) is 89.4 Å². The Morgan fingerprint density at radius 1 is 0.923 bits per heavy atom. The van der Waals surface area contributed by atoms with Crippen LogP contribution in [-0.2, 0) is 32.0 Å². The molecule has 0 saturated carbocycles. The van der Waals surface area contributed by atoms with Crippen LogP contribution >= 0.6 is 0 Å². The van der Waals surface area contributed by atoms with Crippen molar-refractivity contribution in [3.05, 3.63) is 83.7 Å². The predicted octanol–water partition coefficient (Wildman–Crippen LogP) is 2.07. The number of aromatic nitrogens is 2. The van der Waals surface area contributed by atoms with Gasteiger partial charge in [0, 0.05) is 36.8 Å². The first-order valence-electron chi connectivity index (χ1n) is 17.4. The molecule has 2 aromatic carbocycles. The second-order valence-corrected chi connectivity index (χ2v) is 13.1. The molecular weight excluding hydrogens is 673 g/mol. The number of carbonyl (C=O) groups is 5. The van der Waals surface area contributed by atoms with E-state index >= 15 is 0 Å². The number of hydrogen-bond acceptors (Lipinski definition) is 9. The van der Waals surface area contributed by atoms with Gasteiger partial charge in [-0.15, -0.1) is 0 Å². The molecule has 3 aromatic rings. The Hall–Kier alpha value is -5.15. The van der Waals surface area contributed by atoms with Gasteiger partial charge in [0.2, 0.25) is 23.6 Å². The van der Waals surface area contributed by atoms with E-state index in [4.69, 9.17) is 10.5 Å². The number of aromatic amines is 1. The molecule has 0 unspecified atom stereocenters. The summed E-state index contributed by atoms with van der Waals surface area (Å²) >= 11 is 0. The van der Waals surface area contributed by atoms with Crippen LogP contribution in [-0.4, -0.2) is 82.5 Å². The molecule has 0 saturated heterocycles. The highest BCUT2D eigenvalue weighted by atomic mass is 19.1. The molecule has 282 valence electrons. The molecule has 1 aromatic heterocycles. The van der Waals surface area contributed by atoms with Gasteiger partial charge in [-0.2, -0.15) is 0 Å². The number of hydrogen-bond donors (Lipinski definition) is 7. The number of nitrogens with one attached hydrogen (secondary N) is 5. The summed E-state index contributed by atoms with van der Waals surface area (Å²) in [7, 11) is 1.56. The van der Waals surface area contributed by atoms with Crippen LogP contribution in [0.1, 0.15) is 74.0 Å². The summed E-state index contributed by atoms with van der Waals surface area (Å²) in [4.78, 5) is 70.6. The summed E-state index contributed by atoms with van der Waals surface area (Å²) in [6, 6.07) is 9.22. The zero-order valence-corrected chi connectivity index (χ0v) is 29.8. The topological polar surface area (TPSA) is 218 Å². The van der Waals surface area contributed by atoms with Gasteiger partial charge in [-0.25, -0.2) is 9.37 Å². The van der Waals surface area contributed by atoms with Gasteiger partial charge in [-0.05, 0) is 73.6 Å². The minimum atomic E-state index is -1.21. The van der Waals surface area contributed by atoms with Crippen molar-refractivity contribution >= 4 is 29.5 Å². The lowest BCUT2D eigenvalue weighted by molar-refractivity contribution is -0.131. The second-order valence-electron chi connectivity index (χ2n) is 13.1. The molecule has 3 rings (SSSR count). The molecule has 15 heteroatoms. The maximum Gasteiger partial charge on any atom is 0.257 e. The molecule has 52 heavy (non-hydrogen) atoms. The SMILES string of the molecule is COc1ccc(C[C@H](N)C(=O)N[C@@H](Cc2cnc[nH]2)C(=O)N[C@H](CC(C)C)[C@H](O)CC(=O)NCCCCCC(=O)NC(=O)c2ccc(F)cc2)cc1. The number of halogens is 1. The number of imidazole rings is 1. The predicted molar refractivity (Wildman–Crippen MR) is 191 cm³/mol. The number of nitrogens with two attached hydrogens (primary N) is 1. The maximum absolute atomic E-state index is 13.6. The lowest BCUT2D eigenvalue weighted by Gasteiger charge is -2.28. The number of aliphatic hydroxyl groups excluding tert-OH is 1. The number of carbonyl (C=O) groups excluding carboxylic acids is 5. The Morgan fingerprint density at radius 2 is 1.63 bits per heavy atom. The Bertz CT molecular complexity index is 1580. The highest BCUT2D eigenvalue weighted by molar-refractivity contribution is 6.04. The number of H-pyrrole nitrogens is 1. The third-order valence-electron chi connectivity index (χ3n) is 8.24. The lowest BCUT2D eigenvalue weighted by atomic mass is 9.96. The number of ether oxygens (including phenoxy) is 1. The van der Waals surface area contributed by atoms with Crippen molar-refractivity contribution in [3.8, 4) is 5.75 Å². The number of nitrogens with zero attached hydrogens (tertiary/aromatic N) is 1. The molecule has 0 aliphatic carbocycles. The summed E-state index contributed by atoms with van der Waals surface area (Å²) in [6.07, 6.45) is 3.94. The first-order chi connectivity index (χ1) is 24.8. The largest absolute Gasteiger partial charge is 0.497 e. The summed E-state index contributed by atoms with van der Waals surface area (Å²) in [5.41, 5.74) is 7.81. The van der Waals surface area contributed by atoms with Crippen LogP contribution < -0.4 is 31.7 Å². The molecule has 4 atom stereocenters. The van der Waals surface area contributed by atoms with E-state index in [1.165, 1.54) is 18.5 Å². The third kappa shape index (κ3) is 14.6. The maximum atomic E-state index is 13.6. The zero-order chi connectivity index (χ0) is 38.0. The molecule has 5 amide bonds. The highest BCUT2D eigenvalue weighted by Gasteiger charge is 2.30. The van der Waals surface area contributed by atoms with Crippen LogP contribution in [0.5, 0.6) is 5.75 Å².